The number of carbonyl (C=O) groups excluding carboxylic acids is 2. The van der Waals surface area contributed by atoms with E-state index in [2.05, 4.69) is 10.3 Å². The van der Waals surface area contributed by atoms with Crippen molar-refractivity contribution in [1.29, 1.82) is 0 Å². The molecule has 0 atom stereocenters. The van der Waals surface area contributed by atoms with Crippen LogP contribution < -0.4 is 19.5 Å². The Kier molecular flexibility index (Phi) is 5.34. The number of aromatic nitrogens is 1. The van der Waals surface area contributed by atoms with Crippen LogP contribution in [0.4, 0.5) is 5.13 Å². The average Bonchev–Trinajstić information content (AvgIpc) is 3.22. The lowest BCUT2D eigenvalue weighted by molar-refractivity contribution is -0.142. The van der Waals surface area contributed by atoms with Crippen LogP contribution in [0.5, 0.6) is 17.2 Å². The summed E-state index contributed by atoms with van der Waals surface area (Å²) in [5, 5.41) is 4.73. The summed E-state index contributed by atoms with van der Waals surface area (Å²) in [6.45, 7) is 2.07. The smallest absolute Gasteiger partial charge is 0.311 e. The van der Waals surface area contributed by atoms with Gasteiger partial charge in [-0.2, -0.15) is 0 Å². The second-order valence-corrected chi connectivity index (χ2v) is 5.84. The first-order valence-corrected chi connectivity index (χ1v) is 8.44. The number of carbonyl (C=O) groups is 2. The minimum Gasteiger partial charge on any atom is -0.484 e. The number of amides is 1. The third-order valence-electron chi connectivity index (χ3n) is 3.14. The van der Waals surface area contributed by atoms with Crippen LogP contribution in [-0.4, -0.2) is 36.9 Å². The Labute approximate surface area is 147 Å². The quantitative estimate of drug-likeness (QED) is 0.751. The lowest BCUT2D eigenvalue weighted by Gasteiger charge is -2.06. The number of thiazole rings is 1. The number of nitrogens with one attached hydrogen (secondary N) is 1. The van der Waals surface area contributed by atoms with Crippen molar-refractivity contribution in [3.8, 4) is 17.2 Å². The predicted molar refractivity (Wildman–Crippen MR) is 89.1 cm³/mol. The lowest BCUT2D eigenvalue weighted by Crippen LogP contribution is -2.20. The van der Waals surface area contributed by atoms with E-state index in [0.717, 1.165) is 0 Å². The van der Waals surface area contributed by atoms with Gasteiger partial charge in [-0.25, -0.2) is 4.98 Å². The molecule has 0 aliphatic carbocycles. The highest BCUT2D eigenvalue weighted by molar-refractivity contribution is 7.13. The van der Waals surface area contributed by atoms with E-state index >= 15 is 0 Å². The van der Waals surface area contributed by atoms with Crippen LogP contribution in [0, 0.1) is 0 Å². The van der Waals surface area contributed by atoms with Crippen molar-refractivity contribution in [2.45, 2.75) is 13.3 Å². The number of anilines is 1. The van der Waals surface area contributed by atoms with Crippen molar-refractivity contribution < 1.29 is 28.5 Å². The fraction of sp³-hybridized carbons (Fsp3) is 0.312. The molecular weight excluding hydrogens is 348 g/mol. The zero-order valence-electron chi connectivity index (χ0n) is 13.4. The molecule has 3 rings (SSSR count). The van der Waals surface area contributed by atoms with Gasteiger partial charge >= 0.3 is 5.97 Å². The molecule has 0 saturated heterocycles. The topological polar surface area (TPSA) is 96.0 Å². The van der Waals surface area contributed by atoms with E-state index < -0.39 is 0 Å². The molecule has 2 heterocycles. The minimum absolute atomic E-state index is 0.0773. The van der Waals surface area contributed by atoms with Crippen LogP contribution in [0.25, 0.3) is 0 Å². The number of nitrogens with zero attached hydrogens (tertiary/aromatic N) is 1. The molecule has 0 unspecified atom stereocenters. The largest absolute Gasteiger partial charge is 0.484 e. The van der Waals surface area contributed by atoms with E-state index in [1.54, 1.807) is 30.5 Å². The molecule has 8 nitrogen and oxygen atoms in total. The van der Waals surface area contributed by atoms with E-state index in [1.807, 2.05) is 0 Å². The number of hydrogen-bond acceptors (Lipinski definition) is 8. The van der Waals surface area contributed by atoms with Crippen molar-refractivity contribution in [2.24, 2.45) is 0 Å². The molecule has 1 aliphatic heterocycles. The Balaban J connectivity index is 1.48. The average molecular weight is 364 g/mol. The summed E-state index contributed by atoms with van der Waals surface area (Å²) in [5.74, 6) is 1.03. The second kappa shape index (κ2) is 7.84. The number of benzene rings is 1. The van der Waals surface area contributed by atoms with Gasteiger partial charge in [-0.1, -0.05) is 0 Å². The van der Waals surface area contributed by atoms with Crippen molar-refractivity contribution in [3.63, 3.8) is 0 Å². The summed E-state index contributed by atoms with van der Waals surface area (Å²) < 4.78 is 20.7. The summed E-state index contributed by atoms with van der Waals surface area (Å²) in [6.07, 6.45) is 0.0773. The maximum atomic E-state index is 11.9. The first kappa shape index (κ1) is 17.0. The number of hydrogen-bond donors (Lipinski definition) is 1. The number of esters is 1. The third kappa shape index (κ3) is 4.60. The molecule has 1 aliphatic rings. The SMILES string of the molecule is CCOC(=O)Cc1csc(NC(=O)COc2ccc3c(c2)OCO3)n1. The summed E-state index contributed by atoms with van der Waals surface area (Å²) in [6, 6.07) is 5.08. The first-order chi connectivity index (χ1) is 12.1. The number of ether oxygens (including phenoxy) is 4. The van der Waals surface area contributed by atoms with Crippen molar-refractivity contribution in [3.05, 3.63) is 29.3 Å². The highest BCUT2D eigenvalue weighted by atomic mass is 32.1. The van der Waals surface area contributed by atoms with Crippen molar-refractivity contribution in [1.82, 2.24) is 4.98 Å². The Morgan fingerprint density at radius 2 is 2.16 bits per heavy atom. The second-order valence-electron chi connectivity index (χ2n) is 4.98. The molecule has 0 bridgehead atoms. The zero-order valence-corrected chi connectivity index (χ0v) is 14.3. The molecular formula is C16H16N2O6S. The summed E-state index contributed by atoms with van der Waals surface area (Å²) in [4.78, 5) is 27.5. The molecule has 0 radical (unpaired) electrons. The van der Waals surface area contributed by atoms with Gasteiger partial charge in [0, 0.05) is 11.4 Å². The van der Waals surface area contributed by atoms with Gasteiger partial charge in [-0.3, -0.25) is 14.9 Å². The molecule has 25 heavy (non-hydrogen) atoms. The maximum absolute atomic E-state index is 11.9. The Bertz CT molecular complexity index is 776. The number of rotatable bonds is 7. The molecule has 9 heteroatoms. The zero-order chi connectivity index (χ0) is 17.6. The fourth-order valence-electron chi connectivity index (χ4n) is 2.08. The van der Waals surface area contributed by atoms with Gasteiger partial charge in [0.05, 0.1) is 18.7 Å². The van der Waals surface area contributed by atoms with Crippen molar-refractivity contribution >= 4 is 28.3 Å². The highest BCUT2D eigenvalue weighted by Crippen LogP contribution is 2.35. The highest BCUT2D eigenvalue weighted by Gasteiger charge is 2.15. The third-order valence-corrected chi connectivity index (χ3v) is 3.95. The lowest BCUT2D eigenvalue weighted by atomic mass is 10.3. The van der Waals surface area contributed by atoms with E-state index in [0.29, 0.717) is 34.7 Å². The monoisotopic (exact) mass is 364 g/mol. The fourth-order valence-corrected chi connectivity index (χ4v) is 2.80. The minimum atomic E-state index is -0.352. The first-order valence-electron chi connectivity index (χ1n) is 7.56. The van der Waals surface area contributed by atoms with Crippen LogP contribution in [0.15, 0.2) is 23.6 Å². The van der Waals surface area contributed by atoms with Crippen LogP contribution in [-0.2, 0) is 20.7 Å². The van der Waals surface area contributed by atoms with Crippen LogP contribution >= 0.6 is 11.3 Å². The number of fused-ring (bicyclic) bond motifs is 1. The van der Waals surface area contributed by atoms with Gasteiger partial charge < -0.3 is 18.9 Å². The van der Waals surface area contributed by atoms with Crippen LogP contribution in [0.2, 0.25) is 0 Å². The normalized spacial score (nSPS) is 11.9. The summed E-state index contributed by atoms with van der Waals surface area (Å²) in [7, 11) is 0. The predicted octanol–water partition coefficient (Wildman–Crippen LogP) is 1.99. The summed E-state index contributed by atoms with van der Waals surface area (Å²) in [5.41, 5.74) is 0.551. The Hall–Kier alpha value is -2.81. The molecule has 0 spiro atoms. The molecule has 0 fully saturated rings. The van der Waals surface area contributed by atoms with Gasteiger partial charge in [-0.15, -0.1) is 11.3 Å². The van der Waals surface area contributed by atoms with Crippen LogP contribution in [0.3, 0.4) is 0 Å². The van der Waals surface area contributed by atoms with E-state index in [4.69, 9.17) is 18.9 Å². The Morgan fingerprint density at radius 3 is 3.00 bits per heavy atom. The van der Waals surface area contributed by atoms with Gasteiger partial charge in [-0.05, 0) is 19.1 Å². The van der Waals surface area contributed by atoms with Gasteiger partial charge in [0.2, 0.25) is 6.79 Å². The van der Waals surface area contributed by atoms with E-state index in [9.17, 15) is 9.59 Å². The van der Waals surface area contributed by atoms with Crippen molar-refractivity contribution in [2.75, 3.05) is 25.3 Å². The Morgan fingerprint density at radius 1 is 1.32 bits per heavy atom. The van der Waals surface area contributed by atoms with Gasteiger partial charge in [0.25, 0.3) is 5.91 Å². The maximum Gasteiger partial charge on any atom is 0.311 e. The van der Waals surface area contributed by atoms with E-state index in [-0.39, 0.29) is 31.7 Å². The standard InChI is InChI=1S/C16H16N2O6S/c1-2-21-15(20)5-10-8-25-16(17-10)18-14(19)7-22-11-3-4-12-13(6-11)24-9-23-12/h3-4,6,8H,2,5,7,9H2,1H3,(H,17,18,19). The van der Waals surface area contributed by atoms with E-state index in [1.165, 1.54) is 11.3 Å². The summed E-state index contributed by atoms with van der Waals surface area (Å²) >= 11 is 1.23. The molecule has 132 valence electrons. The molecule has 1 aromatic carbocycles. The molecule has 1 amide bonds. The van der Waals surface area contributed by atoms with Crippen LogP contribution in [0.1, 0.15) is 12.6 Å². The van der Waals surface area contributed by atoms with Gasteiger partial charge in [0.1, 0.15) is 5.75 Å². The molecule has 1 aromatic heterocycles. The molecule has 0 saturated carbocycles. The molecule has 2 aromatic rings. The molecule has 1 N–H and O–H groups in total. The van der Waals surface area contributed by atoms with Gasteiger partial charge in [0.15, 0.2) is 23.2 Å².